The van der Waals surface area contributed by atoms with E-state index in [1.54, 1.807) is 6.07 Å². The number of morpholine rings is 1. The summed E-state index contributed by atoms with van der Waals surface area (Å²) in [7, 11) is 1.86. The standard InChI is InChI=1S/C19H24F3N3O4.ClH/c1-23-6-4-13(5-7-23)25(18(28)19(20,21)22)16-12-14(2-3-15(16)17(26)27)24-8-10-29-11-9-24;/h2-3,12-13H,4-11H2,1H3,(H,26,27);1H. The molecule has 2 saturated heterocycles. The van der Waals surface area contributed by atoms with Crippen LogP contribution in [0, 0.1) is 0 Å². The minimum atomic E-state index is -5.10. The Hall–Kier alpha value is -2.04. The number of carboxylic acids is 1. The third-order valence-corrected chi connectivity index (χ3v) is 5.36. The molecule has 0 aromatic heterocycles. The lowest BCUT2D eigenvalue weighted by Crippen LogP contribution is -2.51. The fourth-order valence-corrected chi connectivity index (χ4v) is 3.78. The SMILES string of the molecule is CN1CCC(N(C(=O)C(F)(F)F)c2cc(N3CCOCC3)ccc2C(=O)O)CC1.Cl. The maximum atomic E-state index is 13.4. The molecule has 0 bridgehead atoms. The Bertz CT molecular complexity index is 764. The van der Waals surface area contributed by atoms with Gasteiger partial charge in [0.15, 0.2) is 0 Å². The van der Waals surface area contributed by atoms with Crippen molar-refractivity contribution < 1.29 is 32.6 Å². The van der Waals surface area contributed by atoms with Gasteiger partial charge in [-0.25, -0.2) is 4.79 Å². The second-order valence-electron chi connectivity index (χ2n) is 7.31. The summed E-state index contributed by atoms with van der Waals surface area (Å²) in [5, 5.41) is 9.58. The molecule has 7 nitrogen and oxygen atoms in total. The molecule has 3 rings (SSSR count). The number of nitrogens with zero attached hydrogens (tertiary/aromatic N) is 3. The van der Waals surface area contributed by atoms with E-state index in [1.807, 2.05) is 16.8 Å². The lowest BCUT2D eigenvalue weighted by Gasteiger charge is -2.38. The van der Waals surface area contributed by atoms with Gasteiger partial charge in [0.25, 0.3) is 0 Å². The Labute approximate surface area is 178 Å². The average molecular weight is 452 g/mol. The fraction of sp³-hybridized carbons (Fsp3) is 0.579. The summed E-state index contributed by atoms with van der Waals surface area (Å²) in [4.78, 5) is 28.7. The number of halogens is 4. The van der Waals surface area contributed by atoms with E-state index in [9.17, 15) is 27.9 Å². The van der Waals surface area contributed by atoms with Crippen LogP contribution in [0.1, 0.15) is 23.2 Å². The number of amides is 1. The van der Waals surface area contributed by atoms with Crippen molar-refractivity contribution in [3.05, 3.63) is 23.8 Å². The summed E-state index contributed by atoms with van der Waals surface area (Å²) in [6.07, 6.45) is -4.44. The highest BCUT2D eigenvalue weighted by Crippen LogP contribution is 2.34. The zero-order chi connectivity index (χ0) is 21.2. The Kier molecular flexibility index (Phi) is 7.95. The highest BCUT2D eigenvalue weighted by Gasteiger charge is 2.46. The average Bonchev–Trinajstić information content (AvgIpc) is 2.69. The van der Waals surface area contributed by atoms with Gasteiger partial charge in [-0.2, -0.15) is 13.2 Å². The molecule has 1 aromatic carbocycles. The Morgan fingerprint density at radius 1 is 1.13 bits per heavy atom. The van der Waals surface area contributed by atoms with Gasteiger partial charge >= 0.3 is 18.1 Å². The number of benzene rings is 1. The molecular weight excluding hydrogens is 427 g/mol. The minimum absolute atomic E-state index is 0. The van der Waals surface area contributed by atoms with Crippen LogP contribution >= 0.6 is 12.4 Å². The van der Waals surface area contributed by atoms with E-state index < -0.39 is 24.1 Å². The van der Waals surface area contributed by atoms with E-state index in [4.69, 9.17) is 4.74 Å². The monoisotopic (exact) mass is 451 g/mol. The summed E-state index contributed by atoms with van der Waals surface area (Å²) in [5.41, 5.74) is 0.0399. The smallest absolute Gasteiger partial charge is 0.471 e. The van der Waals surface area contributed by atoms with E-state index in [0.29, 0.717) is 62.8 Å². The lowest BCUT2D eigenvalue weighted by atomic mass is 10.0. The molecule has 168 valence electrons. The minimum Gasteiger partial charge on any atom is -0.478 e. The van der Waals surface area contributed by atoms with E-state index in [0.717, 1.165) is 0 Å². The molecule has 1 aromatic rings. The number of rotatable bonds is 4. The van der Waals surface area contributed by atoms with Crippen molar-refractivity contribution in [1.29, 1.82) is 0 Å². The topological polar surface area (TPSA) is 73.3 Å². The van der Waals surface area contributed by atoms with Crippen molar-refractivity contribution in [2.24, 2.45) is 0 Å². The molecule has 0 saturated carbocycles. The molecule has 0 radical (unpaired) electrons. The predicted molar refractivity (Wildman–Crippen MR) is 108 cm³/mol. The zero-order valence-corrected chi connectivity index (χ0v) is 17.3. The third kappa shape index (κ3) is 5.35. The van der Waals surface area contributed by atoms with Crippen LogP contribution in [-0.2, 0) is 9.53 Å². The maximum absolute atomic E-state index is 13.4. The number of alkyl halides is 3. The number of hydrogen-bond donors (Lipinski definition) is 1. The summed E-state index contributed by atoms with van der Waals surface area (Å²) in [5.74, 6) is -3.41. The zero-order valence-electron chi connectivity index (χ0n) is 16.5. The molecule has 2 aliphatic heterocycles. The Morgan fingerprint density at radius 2 is 1.73 bits per heavy atom. The number of carbonyl (C=O) groups is 2. The highest BCUT2D eigenvalue weighted by atomic mass is 35.5. The van der Waals surface area contributed by atoms with Crippen LogP contribution < -0.4 is 9.80 Å². The first kappa shape index (κ1) is 24.2. The first-order valence-electron chi connectivity index (χ1n) is 9.47. The maximum Gasteiger partial charge on any atom is 0.471 e. The van der Waals surface area contributed by atoms with Crippen LogP contribution in [0.4, 0.5) is 24.5 Å². The van der Waals surface area contributed by atoms with E-state index >= 15 is 0 Å². The van der Waals surface area contributed by atoms with Gasteiger partial charge in [0, 0.05) is 24.8 Å². The lowest BCUT2D eigenvalue weighted by molar-refractivity contribution is -0.171. The molecule has 11 heteroatoms. The molecular formula is C19H25ClF3N3O4. The van der Waals surface area contributed by atoms with Crippen LogP contribution in [0.5, 0.6) is 0 Å². The van der Waals surface area contributed by atoms with Crippen molar-refractivity contribution >= 4 is 35.7 Å². The van der Waals surface area contributed by atoms with E-state index in [1.165, 1.54) is 12.1 Å². The molecule has 2 heterocycles. The molecule has 0 unspecified atom stereocenters. The molecule has 0 atom stereocenters. The molecule has 1 N–H and O–H groups in total. The number of anilines is 2. The van der Waals surface area contributed by atoms with Crippen LogP contribution in [-0.4, -0.2) is 80.5 Å². The highest BCUT2D eigenvalue weighted by molar-refractivity contribution is 6.05. The quantitative estimate of drug-likeness (QED) is 0.758. The van der Waals surface area contributed by atoms with E-state index in [2.05, 4.69) is 0 Å². The van der Waals surface area contributed by atoms with Crippen LogP contribution in [0.25, 0.3) is 0 Å². The van der Waals surface area contributed by atoms with Gasteiger partial charge in [0.05, 0.1) is 24.5 Å². The van der Waals surface area contributed by atoms with Crippen LogP contribution in [0.2, 0.25) is 0 Å². The third-order valence-electron chi connectivity index (χ3n) is 5.36. The second kappa shape index (κ2) is 9.84. The van der Waals surface area contributed by atoms with Crippen molar-refractivity contribution in [2.75, 3.05) is 56.2 Å². The Morgan fingerprint density at radius 3 is 2.27 bits per heavy atom. The van der Waals surface area contributed by atoms with Gasteiger partial charge < -0.3 is 24.5 Å². The van der Waals surface area contributed by atoms with Gasteiger partial charge in [0.1, 0.15) is 0 Å². The first-order valence-corrected chi connectivity index (χ1v) is 9.47. The van der Waals surface area contributed by atoms with Gasteiger partial charge in [0.2, 0.25) is 0 Å². The molecule has 2 fully saturated rings. The Balaban J connectivity index is 0.00000320. The van der Waals surface area contributed by atoms with Crippen LogP contribution in [0.15, 0.2) is 18.2 Å². The molecule has 0 aliphatic carbocycles. The fourth-order valence-electron chi connectivity index (χ4n) is 3.78. The number of piperidine rings is 1. The summed E-state index contributed by atoms with van der Waals surface area (Å²) < 4.78 is 45.6. The van der Waals surface area contributed by atoms with Crippen molar-refractivity contribution in [1.82, 2.24) is 4.90 Å². The molecule has 2 aliphatic rings. The normalized spacial score (nSPS) is 18.6. The largest absolute Gasteiger partial charge is 0.478 e. The van der Waals surface area contributed by atoms with Crippen molar-refractivity contribution in [3.8, 4) is 0 Å². The predicted octanol–water partition coefficient (Wildman–Crippen LogP) is 2.63. The number of ether oxygens (including phenoxy) is 1. The van der Waals surface area contributed by atoms with Gasteiger partial charge in [-0.1, -0.05) is 0 Å². The summed E-state index contributed by atoms with van der Waals surface area (Å²) in [6.45, 7) is 3.06. The van der Waals surface area contributed by atoms with Crippen LogP contribution in [0.3, 0.4) is 0 Å². The van der Waals surface area contributed by atoms with Gasteiger partial charge in [-0.3, -0.25) is 4.79 Å². The van der Waals surface area contributed by atoms with Crippen molar-refractivity contribution in [3.63, 3.8) is 0 Å². The molecule has 1 amide bonds. The van der Waals surface area contributed by atoms with Gasteiger partial charge in [-0.05, 0) is 51.2 Å². The first-order chi connectivity index (χ1) is 13.7. The number of carbonyl (C=O) groups excluding carboxylic acids is 1. The number of aromatic carboxylic acids is 1. The number of hydrogen-bond acceptors (Lipinski definition) is 5. The molecule has 30 heavy (non-hydrogen) atoms. The summed E-state index contributed by atoms with van der Waals surface area (Å²) in [6, 6.07) is 3.49. The number of likely N-dealkylation sites (tertiary alicyclic amines) is 1. The van der Waals surface area contributed by atoms with Crippen molar-refractivity contribution in [2.45, 2.75) is 25.1 Å². The number of carboxylic acid groups (broad SMARTS) is 1. The summed E-state index contributed by atoms with van der Waals surface area (Å²) >= 11 is 0. The van der Waals surface area contributed by atoms with Gasteiger partial charge in [-0.15, -0.1) is 12.4 Å². The second-order valence-corrected chi connectivity index (χ2v) is 7.31. The van der Waals surface area contributed by atoms with E-state index in [-0.39, 0.29) is 23.7 Å². The molecule has 0 spiro atoms.